The van der Waals surface area contributed by atoms with Crippen molar-refractivity contribution in [2.24, 2.45) is 0 Å². The highest BCUT2D eigenvalue weighted by atomic mass is 32.2. The van der Waals surface area contributed by atoms with Crippen LogP contribution in [0.5, 0.6) is 0 Å². The highest BCUT2D eigenvalue weighted by Crippen LogP contribution is 2.30. The van der Waals surface area contributed by atoms with Crippen molar-refractivity contribution in [3.8, 4) is 0 Å². The summed E-state index contributed by atoms with van der Waals surface area (Å²) in [4.78, 5) is -0.636. The Bertz CT molecular complexity index is 594. The molecule has 1 aromatic carbocycles. The van der Waals surface area contributed by atoms with Crippen LogP contribution in [-0.4, -0.2) is 26.0 Å². The number of nitrogens with one attached hydrogen (secondary N) is 1. The van der Waals surface area contributed by atoms with Crippen molar-refractivity contribution in [3.63, 3.8) is 0 Å². The lowest BCUT2D eigenvalue weighted by atomic mass is 10.0. The number of nitrogen functional groups attached to an aromatic ring is 1. The van der Waals surface area contributed by atoms with Crippen LogP contribution in [0, 0.1) is 11.6 Å². The highest BCUT2D eigenvalue weighted by molar-refractivity contribution is 8.00. The van der Waals surface area contributed by atoms with Crippen molar-refractivity contribution >= 4 is 27.5 Å². The molecule has 0 aliphatic heterocycles. The second-order valence-electron chi connectivity index (χ2n) is 4.72. The van der Waals surface area contributed by atoms with E-state index in [4.69, 9.17) is 5.73 Å². The van der Waals surface area contributed by atoms with Crippen LogP contribution in [0.2, 0.25) is 0 Å². The summed E-state index contributed by atoms with van der Waals surface area (Å²) in [7, 11) is -4.08. The fourth-order valence-corrected chi connectivity index (χ4v) is 4.02. The van der Waals surface area contributed by atoms with Crippen molar-refractivity contribution in [1.29, 1.82) is 0 Å². The minimum Gasteiger partial charge on any atom is -0.396 e. The Hall–Kier alpha value is -0.860. The van der Waals surface area contributed by atoms with E-state index >= 15 is 0 Å². The Morgan fingerprint density at radius 3 is 2.29 bits per heavy atom. The molecular weight excluding hydrogens is 318 g/mol. The van der Waals surface area contributed by atoms with Gasteiger partial charge in [-0.1, -0.05) is 13.8 Å². The summed E-state index contributed by atoms with van der Waals surface area (Å²) >= 11 is 1.56. The molecule has 0 spiro atoms. The SMILES string of the molecule is CCC(CC)(CNS(=O)(=O)c1cc(N)c(F)cc1F)SC. The number of sulfonamides is 1. The summed E-state index contributed by atoms with van der Waals surface area (Å²) in [6.07, 6.45) is 3.43. The molecule has 1 rings (SSSR count). The molecule has 0 aliphatic rings. The van der Waals surface area contributed by atoms with Gasteiger partial charge in [0.25, 0.3) is 0 Å². The van der Waals surface area contributed by atoms with Crippen molar-refractivity contribution in [3.05, 3.63) is 23.8 Å². The van der Waals surface area contributed by atoms with Crippen LogP contribution in [0.4, 0.5) is 14.5 Å². The molecule has 0 amide bonds. The third-order valence-electron chi connectivity index (χ3n) is 3.65. The summed E-state index contributed by atoms with van der Waals surface area (Å²) in [6.45, 7) is 4.09. The zero-order chi connectivity index (χ0) is 16.3. The van der Waals surface area contributed by atoms with Crippen molar-refractivity contribution in [1.82, 2.24) is 4.72 Å². The highest BCUT2D eigenvalue weighted by Gasteiger charge is 2.29. The molecule has 0 radical (unpaired) electrons. The molecule has 4 nitrogen and oxygen atoms in total. The summed E-state index contributed by atoms with van der Waals surface area (Å²) in [5.41, 5.74) is 4.90. The van der Waals surface area contributed by atoms with E-state index in [1.807, 2.05) is 20.1 Å². The molecular formula is C13H20F2N2O2S2. The van der Waals surface area contributed by atoms with Crippen LogP contribution in [0.25, 0.3) is 0 Å². The van der Waals surface area contributed by atoms with Crippen LogP contribution in [0.15, 0.2) is 17.0 Å². The predicted molar refractivity (Wildman–Crippen MR) is 82.8 cm³/mol. The van der Waals surface area contributed by atoms with Crippen LogP contribution in [-0.2, 0) is 10.0 Å². The first kappa shape index (κ1) is 18.2. The van der Waals surface area contributed by atoms with E-state index in [0.29, 0.717) is 6.07 Å². The predicted octanol–water partition coefficient (Wildman–Crippen LogP) is 2.75. The van der Waals surface area contributed by atoms with Gasteiger partial charge in [0.1, 0.15) is 16.5 Å². The molecule has 120 valence electrons. The molecule has 0 atom stereocenters. The Kier molecular flexibility index (Phi) is 6.01. The van der Waals surface area contributed by atoms with Crippen LogP contribution in [0.3, 0.4) is 0 Å². The first-order valence-electron chi connectivity index (χ1n) is 6.50. The molecule has 0 bridgehead atoms. The molecule has 21 heavy (non-hydrogen) atoms. The molecule has 0 unspecified atom stereocenters. The molecule has 0 aliphatic carbocycles. The minimum absolute atomic E-state index is 0.167. The van der Waals surface area contributed by atoms with Gasteiger partial charge in [0, 0.05) is 17.4 Å². The van der Waals surface area contributed by atoms with Crippen LogP contribution in [0.1, 0.15) is 26.7 Å². The zero-order valence-corrected chi connectivity index (χ0v) is 13.9. The van der Waals surface area contributed by atoms with Crippen molar-refractivity contribution in [2.45, 2.75) is 36.3 Å². The number of nitrogens with two attached hydrogens (primary N) is 1. The quantitative estimate of drug-likeness (QED) is 0.750. The van der Waals surface area contributed by atoms with Gasteiger partial charge in [-0.15, -0.1) is 0 Å². The lowest BCUT2D eigenvalue weighted by Gasteiger charge is -2.29. The summed E-state index contributed by atoms with van der Waals surface area (Å²) in [5.74, 6) is -2.14. The molecule has 0 heterocycles. The van der Waals surface area contributed by atoms with Crippen molar-refractivity contribution in [2.75, 3.05) is 18.5 Å². The van der Waals surface area contributed by atoms with E-state index in [0.717, 1.165) is 18.9 Å². The van der Waals surface area contributed by atoms with Gasteiger partial charge < -0.3 is 5.73 Å². The fourth-order valence-electron chi connectivity index (χ4n) is 1.92. The topological polar surface area (TPSA) is 72.2 Å². The number of benzene rings is 1. The van der Waals surface area contributed by atoms with E-state index in [1.54, 1.807) is 11.8 Å². The Morgan fingerprint density at radius 1 is 1.24 bits per heavy atom. The van der Waals surface area contributed by atoms with Gasteiger partial charge >= 0.3 is 0 Å². The Morgan fingerprint density at radius 2 is 1.81 bits per heavy atom. The summed E-state index contributed by atoms with van der Waals surface area (Å²) < 4.78 is 53.3. The van der Waals surface area contributed by atoms with E-state index in [-0.39, 0.29) is 11.3 Å². The van der Waals surface area contributed by atoms with E-state index < -0.39 is 32.2 Å². The van der Waals surface area contributed by atoms with Gasteiger partial charge in [-0.25, -0.2) is 21.9 Å². The number of hydrogen-bond acceptors (Lipinski definition) is 4. The summed E-state index contributed by atoms with van der Waals surface area (Å²) in [5, 5.41) is 0. The van der Waals surface area contributed by atoms with Gasteiger partial charge in [-0.2, -0.15) is 11.8 Å². The number of hydrogen-bond donors (Lipinski definition) is 2. The maximum atomic E-state index is 13.7. The van der Waals surface area contributed by atoms with E-state index in [1.165, 1.54) is 0 Å². The molecule has 1 aromatic rings. The zero-order valence-electron chi connectivity index (χ0n) is 12.2. The van der Waals surface area contributed by atoms with Gasteiger partial charge in [0.2, 0.25) is 10.0 Å². The number of thioether (sulfide) groups is 1. The normalized spacial score (nSPS) is 12.6. The third-order valence-corrected chi connectivity index (χ3v) is 6.65. The average Bonchev–Trinajstić information content (AvgIpc) is 2.45. The van der Waals surface area contributed by atoms with Gasteiger partial charge in [0.05, 0.1) is 5.69 Å². The van der Waals surface area contributed by atoms with E-state index in [2.05, 4.69) is 4.72 Å². The molecule has 8 heteroatoms. The van der Waals surface area contributed by atoms with Crippen molar-refractivity contribution < 1.29 is 17.2 Å². The number of halogens is 2. The average molecular weight is 338 g/mol. The maximum absolute atomic E-state index is 13.7. The second kappa shape index (κ2) is 6.93. The monoisotopic (exact) mass is 338 g/mol. The van der Waals surface area contributed by atoms with E-state index in [9.17, 15) is 17.2 Å². The maximum Gasteiger partial charge on any atom is 0.243 e. The first-order valence-corrected chi connectivity index (χ1v) is 9.21. The largest absolute Gasteiger partial charge is 0.396 e. The molecule has 0 fully saturated rings. The molecule has 0 saturated carbocycles. The Labute approximate surface area is 128 Å². The third kappa shape index (κ3) is 4.08. The standard InChI is InChI=1S/C13H20F2N2O2S2/c1-4-13(5-2,20-3)8-17-21(18,19)12-7-11(16)9(14)6-10(12)15/h6-7,17H,4-5,8,16H2,1-3H3. The van der Waals surface area contributed by atoms with Gasteiger partial charge in [0.15, 0.2) is 0 Å². The van der Waals surface area contributed by atoms with Crippen LogP contribution >= 0.6 is 11.8 Å². The second-order valence-corrected chi connectivity index (χ2v) is 7.73. The van der Waals surface area contributed by atoms with Gasteiger partial charge in [-0.05, 0) is 25.2 Å². The number of rotatable bonds is 7. The first-order chi connectivity index (χ1) is 9.71. The lowest BCUT2D eigenvalue weighted by Crippen LogP contribution is -2.39. The fraction of sp³-hybridized carbons (Fsp3) is 0.538. The smallest absolute Gasteiger partial charge is 0.243 e. The minimum atomic E-state index is -4.08. The molecule has 0 saturated heterocycles. The van der Waals surface area contributed by atoms with Crippen LogP contribution < -0.4 is 10.5 Å². The molecule has 3 N–H and O–H groups in total. The number of anilines is 1. The summed E-state index contributed by atoms with van der Waals surface area (Å²) in [6, 6.07) is 1.27. The van der Waals surface area contributed by atoms with Gasteiger partial charge in [-0.3, -0.25) is 0 Å². The molecule has 0 aromatic heterocycles. The Balaban J connectivity index is 3.05. The lowest BCUT2D eigenvalue weighted by molar-refractivity contribution is 0.514.